The highest BCUT2D eigenvalue weighted by Crippen LogP contribution is 2.02. The van der Waals surface area contributed by atoms with Crippen LogP contribution in [0.1, 0.15) is 13.3 Å². The van der Waals surface area contributed by atoms with Crippen molar-refractivity contribution in [2.45, 2.75) is 19.4 Å². The third kappa shape index (κ3) is 2.05. The lowest BCUT2D eigenvalue weighted by Crippen LogP contribution is -2.39. The van der Waals surface area contributed by atoms with E-state index in [2.05, 4.69) is 0 Å². The Morgan fingerprint density at radius 2 is 2.36 bits per heavy atom. The van der Waals surface area contributed by atoms with Crippen molar-refractivity contribution < 1.29 is 9.90 Å². The van der Waals surface area contributed by atoms with Crippen LogP contribution in [0.5, 0.6) is 0 Å². The van der Waals surface area contributed by atoms with Crippen LogP contribution in [0.25, 0.3) is 0 Å². The van der Waals surface area contributed by atoms with Gasteiger partial charge in [-0.25, -0.2) is 0 Å². The number of aliphatic hydroxyl groups is 1. The minimum atomic E-state index is -0.860. The maximum atomic E-state index is 11.1. The van der Waals surface area contributed by atoms with E-state index in [9.17, 15) is 4.79 Å². The van der Waals surface area contributed by atoms with Crippen molar-refractivity contribution in [2.75, 3.05) is 13.1 Å². The van der Waals surface area contributed by atoms with Crippen LogP contribution in [0.3, 0.4) is 0 Å². The first-order chi connectivity index (χ1) is 5.22. The Balaban J connectivity index is 2.47. The number of carbonyl (C=O) groups excluding carboxylic acids is 1. The average Bonchev–Trinajstić information content (AvgIpc) is 2.05. The zero-order chi connectivity index (χ0) is 8.27. The zero-order valence-corrected chi connectivity index (χ0v) is 6.66. The summed E-state index contributed by atoms with van der Waals surface area (Å²) in [5.41, 5.74) is 0. The van der Waals surface area contributed by atoms with Crippen LogP contribution in [0, 0.1) is 0 Å². The van der Waals surface area contributed by atoms with Crippen molar-refractivity contribution in [3.8, 4) is 0 Å². The summed E-state index contributed by atoms with van der Waals surface area (Å²) in [6.45, 7) is 2.88. The topological polar surface area (TPSA) is 40.5 Å². The summed E-state index contributed by atoms with van der Waals surface area (Å²) in [4.78, 5) is 12.8. The van der Waals surface area contributed by atoms with Gasteiger partial charge in [-0.05, 0) is 13.3 Å². The Morgan fingerprint density at radius 3 is 2.82 bits per heavy atom. The van der Waals surface area contributed by atoms with Crippen molar-refractivity contribution in [1.29, 1.82) is 0 Å². The van der Waals surface area contributed by atoms with Crippen molar-refractivity contribution in [1.82, 2.24) is 4.90 Å². The Labute approximate surface area is 66.3 Å². The summed E-state index contributed by atoms with van der Waals surface area (Å²) in [7, 11) is 0. The number of aliphatic hydroxyl groups excluding tert-OH is 1. The lowest BCUT2D eigenvalue weighted by atomic mass is 10.2. The maximum absolute atomic E-state index is 11.1. The predicted octanol–water partition coefficient (Wildman–Crippen LogP) is 0.156. The van der Waals surface area contributed by atoms with Crippen molar-refractivity contribution in [3.63, 3.8) is 0 Å². The van der Waals surface area contributed by atoms with E-state index in [1.807, 2.05) is 12.2 Å². The number of nitrogens with zero attached hydrogens (tertiary/aromatic N) is 1. The van der Waals surface area contributed by atoms with Gasteiger partial charge in [-0.2, -0.15) is 0 Å². The quantitative estimate of drug-likeness (QED) is 0.548. The first-order valence-electron chi connectivity index (χ1n) is 3.83. The molecule has 0 aromatic carbocycles. The minimum Gasteiger partial charge on any atom is -0.384 e. The molecule has 0 radical (unpaired) electrons. The molecule has 0 bridgehead atoms. The van der Waals surface area contributed by atoms with Crippen LogP contribution < -0.4 is 0 Å². The second-order valence-corrected chi connectivity index (χ2v) is 2.72. The van der Waals surface area contributed by atoms with Crippen molar-refractivity contribution in [2.24, 2.45) is 0 Å². The van der Waals surface area contributed by atoms with E-state index < -0.39 is 6.10 Å². The van der Waals surface area contributed by atoms with Crippen LogP contribution in [0.2, 0.25) is 0 Å². The summed E-state index contributed by atoms with van der Waals surface area (Å²) in [5.74, 6) is -0.172. The zero-order valence-electron chi connectivity index (χ0n) is 6.66. The van der Waals surface area contributed by atoms with Gasteiger partial charge in [0.1, 0.15) is 6.10 Å². The molecule has 0 aromatic heterocycles. The molecule has 1 aliphatic heterocycles. The van der Waals surface area contributed by atoms with Crippen LogP contribution in [-0.4, -0.2) is 35.1 Å². The third-order valence-corrected chi connectivity index (χ3v) is 1.73. The highest BCUT2D eigenvalue weighted by molar-refractivity contribution is 5.80. The van der Waals surface area contributed by atoms with Crippen LogP contribution in [0.4, 0.5) is 0 Å². The summed E-state index contributed by atoms with van der Waals surface area (Å²) >= 11 is 0. The molecule has 0 fully saturated rings. The molecule has 1 amide bonds. The van der Waals surface area contributed by atoms with E-state index in [0.717, 1.165) is 13.0 Å². The molecule has 1 heterocycles. The molecular formula is C8H13NO2. The van der Waals surface area contributed by atoms with Gasteiger partial charge in [-0.1, -0.05) is 12.2 Å². The standard InChI is InChI=1S/C8H13NO2/c1-7(10)8(11)9-5-3-2-4-6-9/h2-3,7,10H,4-6H2,1H3/t7-/m0/s1. The predicted molar refractivity (Wildman–Crippen MR) is 42.0 cm³/mol. The molecule has 62 valence electrons. The fourth-order valence-corrected chi connectivity index (χ4v) is 1.11. The van der Waals surface area contributed by atoms with E-state index in [1.165, 1.54) is 6.92 Å². The highest BCUT2D eigenvalue weighted by Gasteiger charge is 2.17. The van der Waals surface area contributed by atoms with Crippen LogP contribution >= 0.6 is 0 Å². The lowest BCUT2D eigenvalue weighted by Gasteiger charge is -2.24. The van der Waals surface area contributed by atoms with Gasteiger partial charge in [0.25, 0.3) is 5.91 Å². The summed E-state index contributed by atoms with van der Waals surface area (Å²) in [6.07, 6.45) is 4.04. The normalized spacial score (nSPS) is 20.0. The molecule has 3 heteroatoms. The molecule has 0 aliphatic carbocycles. The SMILES string of the molecule is C[C@H](O)C(=O)N1CC=CCC1. The Bertz CT molecular complexity index is 175. The van der Waals surface area contributed by atoms with E-state index in [-0.39, 0.29) is 5.91 Å². The molecule has 1 atom stereocenters. The van der Waals surface area contributed by atoms with Gasteiger partial charge >= 0.3 is 0 Å². The number of hydrogen-bond donors (Lipinski definition) is 1. The molecule has 0 aromatic rings. The average molecular weight is 155 g/mol. The van der Waals surface area contributed by atoms with Crippen LogP contribution in [-0.2, 0) is 4.79 Å². The summed E-state index contributed by atoms with van der Waals surface area (Å²) < 4.78 is 0. The van der Waals surface area contributed by atoms with Crippen molar-refractivity contribution in [3.05, 3.63) is 12.2 Å². The van der Waals surface area contributed by atoms with Gasteiger partial charge in [-0.3, -0.25) is 4.79 Å². The van der Waals surface area contributed by atoms with Gasteiger partial charge < -0.3 is 10.0 Å². The molecule has 11 heavy (non-hydrogen) atoms. The molecule has 3 nitrogen and oxygen atoms in total. The van der Waals surface area contributed by atoms with Gasteiger partial charge in [-0.15, -0.1) is 0 Å². The Morgan fingerprint density at radius 1 is 1.64 bits per heavy atom. The molecule has 0 saturated heterocycles. The number of hydrogen-bond acceptors (Lipinski definition) is 2. The number of carbonyl (C=O) groups is 1. The Kier molecular flexibility index (Phi) is 2.65. The summed E-state index contributed by atoms with van der Waals surface area (Å²) in [5, 5.41) is 8.96. The monoisotopic (exact) mass is 155 g/mol. The van der Waals surface area contributed by atoms with E-state index in [0.29, 0.717) is 6.54 Å². The molecular weight excluding hydrogens is 142 g/mol. The minimum absolute atomic E-state index is 0.172. The largest absolute Gasteiger partial charge is 0.384 e. The van der Waals surface area contributed by atoms with Gasteiger partial charge in [0.15, 0.2) is 0 Å². The molecule has 1 aliphatic rings. The molecule has 0 spiro atoms. The molecule has 1 N–H and O–H groups in total. The van der Waals surface area contributed by atoms with Crippen molar-refractivity contribution >= 4 is 5.91 Å². The Hall–Kier alpha value is -0.830. The summed E-state index contributed by atoms with van der Waals surface area (Å²) in [6, 6.07) is 0. The fraction of sp³-hybridized carbons (Fsp3) is 0.625. The van der Waals surface area contributed by atoms with Gasteiger partial charge in [0.05, 0.1) is 0 Å². The maximum Gasteiger partial charge on any atom is 0.251 e. The highest BCUT2D eigenvalue weighted by atomic mass is 16.3. The second kappa shape index (κ2) is 3.53. The fourth-order valence-electron chi connectivity index (χ4n) is 1.11. The molecule has 0 saturated carbocycles. The molecule has 1 rings (SSSR count). The van der Waals surface area contributed by atoms with E-state index in [4.69, 9.17) is 5.11 Å². The number of amides is 1. The third-order valence-electron chi connectivity index (χ3n) is 1.73. The molecule has 0 unspecified atom stereocenters. The van der Waals surface area contributed by atoms with E-state index in [1.54, 1.807) is 4.90 Å². The smallest absolute Gasteiger partial charge is 0.251 e. The van der Waals surface area contributed by atoms with Crippen LogP contribution in [0.15, 0.2) is 12.2 Å². The lowest BCUT2D eigenvalue weighted by molar-refractivity contribution is -0.138. The van der Waals surface area contributed by atoms with E-state index >= 15 is 0 Å². The van der Waals surface area contributed by atoms with Gasteiger partial charge in [0, 0.05) is 13.1 Å². The van der Waals surface area contributed by atoms with Gasteiger partial charge in [0.2, 0.25) is 0 Å². The first-order valence-corrected chi connectivity index (χ1v) is 3.83. The second-order valence-electron chi connectivity index (χ2n) is 2.72. The number of rotatable bonds is 1. The first kappa shape index (κ1) is 8.27.